The quantitative estimate of drug-likeness (QED) is 0.877. The summed E-state index contributed by atoms with van der Waals surface area (Å²) < 4.78 is 5.06. The van der Waals surface area contributed by atoms with Gasteiger partial charge in [-0.25, -0.2) is 0 Å². The molecule has 0 aliphatic carbocycles. The third-order valence-electron chi connectivity index (χ3n) is 2.09. The van der Waals surface area contributed by atoms with E-state index in [0.717, 1.165) is 5.00 Å². The Morgan fingerprint density at radius 1 is 1.33 bits per heavy atom. The van der Waals surface area contributed by atoms with Crippen molar-refractivity contribution in [1.82, 2.24) is 9.59 Å². The highest BCUT2D eigenvalue weighted by Crippen LogP contribution is 2.21. The third-order valence-corrected chi connectivity index (χ3v) is 3.41. The Bertz CT molecular complexity index is 413. The summed E-state index contributed by atoms with van der Waals surface area (Å²) in [5, 5.41) is 8.14. The molecule has 0 saturated heterocycles. The summed E-state index contributed by atoms with van der Waals surface area (Å²) >= 11 is 3.68. The van der Waals surface area contributed by atoms with Crippen LogP contribution in [0.3, 0.4) is 0 Å². The van der Waals surface area contributed by atoms with Gasteiger partial charge in [-0.15, -0.1) is 5.10 Å². The highest BCUT2D eigenvalue weighted by molar-refractivity contribution is 14.1. The zero-order valence-corrected chi connectivity index (χ0v) is 11.1. The summed E-state index contributed by atoms with van der Waals surface area (Å²) in [5.74, 6) is 0. The van der Waals surface area contributed by atoms with Crippen molar-refractivity contribution in [2.24, 2.45) is 0 Å². The lowest BCUT2D eigenvalue weighted by atomic mass is 10.1. The molecule has 5 heteroatoms. The lowest BCUT2D eigenvalue weighted by Crippen LogP contribution is -2.05. The van der Waals surface area contributed by atoms with E-state index in [1.165, 1.54) is 20.7 Å². The zero-order valence-electron chi connectivity index (χ0n) is 8.14. The molecule has 0 fully saturated rings. The average molecular weight is 331 g/mol. The van der Waals surface area contributed by atoms with Gasteiger partial charge in [-0.1, -0.05) is 16.6 Å². The van der Waals surface area contributed by atoms with E-state index in [9.17, 15) is 0 Å². The van der Waals surface area contributed by atoms with Crippen LogP contribution in [0, 0.1) is 3.57 Å². The minimum atomic E-state index is 0.282. The van der Waals surface area contributed by atoms with E-state index < -0.39 is 0 Å². The molecule has 1 aromatic carbocycles. The molecule has 0 aliphatic heterocycles. The molecule has 1 atom stereocenters. The number of halogens is 1. The van der Waals surface area contributed by atoms with Crippen molar-refractivity contribution in [2.45, 2.75) is 13.0 Å². The molecular weight excluding hydrogens is 321 g/mol. The third kappa shape index (κ3) is 2.88. The van der Waals surface area contributed by atoms with E-state index in [0.29, 0.717) is 0 Å². The van der Waals surface area contributed by atoms with Gasteiger partial charge in [0.1, 0.15) is 5.00 Å². The molecule has 1 heterocycles. The van der Waals surface area contributed by atoms with Gasteiger partial charge in [0.25, 0.3) is 0 Å². The van der Waals surface area contributed by atoms with Crippen LogP contribution in [0.2, 0.25) is 0 Å². The Morgan fingerprint density at radius 2 is 2.07 bits per heavy atom. The lowest BCUT2D eigenvalue weighted by Gasteiger charge is -2.13. The predicted molar refractivity (Wildman–Crippen MR) is 71.1 cm³/mol. The fraction of sp³-hybridized carbons (Fsp3) is 0.200. The maximum absolute atomic E-state index is 3.81. The lowest BCUT2D eigenvalue weighted by molar-refractivity contribution is 0.888. The molecule has 1 unspecified atom stereocenters. The topological polar surface area (TPSA) is 37.8 Å². The number of nitrogens with one attached hydrogen (secondary N) is 1. The van der Waals surface area contributed by atoms with Crippen LogP contribution in [-0.2, 0) is 0 Å². The van der Waals surface area contributed by atoms with Gasteiger partial charge in [0, 0.05) is 21.1 Å². The van der Waals surface area contributed by atoms with Gasteiger partial charge in [-0.2, -0.15) is 0 Å². The molecule has 0 radical (unpaired) electrons. The largest absolute Gasteiger partial charge is 0.368 e. The van der Waals surface area contributed by atoms with E-state index in [2.05, 4.69) is 68.7 Å². The van der Waals surface area contributed by atoms with E-state index in [1.54, 1.807) is 6.20 Å². The Labute approximate surface area is 106 Å². The molecule has 1 aromatic heterocycles. The number of aromatic nitrogens is 2. The molecule has 3 nitrogen and oxygen atoms in total. The highest BCUT2D eigenvalue weighted by atomic mass is 127. The van der Waals surface area contributed by atoms with Gasteiger partial charge in [-0.05, 0) is 47.2 Å². The van der Waals surface area contributed by atoms with Crippen LogP contribution in [0.15, 0.2) is 30.5 Å². The summed E-state index contributed by atoms with van der Waals surface area (Å²) in [5.41, 5.74) is 1.27. The second-order valence-electron chi connectivity index (χ2n) is 3.20. The first-order chi connectivity index (χ1) is 7.25. The van der Waals surface area contributed by atoms with Crippen molar-refractivity contribution in [3.05, 3.63) is 39.6 Å². The maximum Gasteiger partial charge on any atom is 0.130 e. The molecule has 0 bridgehead atoms. The fourth-order valence-corrected chi connectivity index (χ4v) is 2.14. The Morgan fingerprint density at radius 3 is 2.67 bits per heavy atom. The molecule has 78 valence electrons. The van der Waals surface area contributed by atoms with Crippen molar-refractivity contribution in [3.63, 3.8) is 0 Å². The van der Waals surface area contributed by atoms with Crippen LogP contribution in [0.5, 0.6) is 0 Å². The van der Waals surface area contributed by atoms with Gasteiger partial charge in [0.05, 0.1) is 6.20 Å². The summed E-state index contributed by atoms with van der Waals surface area (Å²) in [6.45, 7) is 2.13. The van der Waals surface area contributed by atoms with Crippen LogP contribution in [0.25, 0.3) is 0 Å². The zero-order chi connectivity index (χ0) is 10.7. The standard InChI is InChI=1S/C10H10IN3S/c1-7(13-10-6-12-14-15-10)8-2-4-9(11)5-3-8/h2-7,13H,1H3. The first kappa shape index (κ1) is 10.8. The SMILES string of the molecule is CC(Nc1cnns1)c1ccc(I)cc1. The fourth-order valence-electron chi connectivity index (χ4n) is 1.28. The van der Waals surface area contributed by atoms with Crippen molar-refractivity contribution in [3.8, 4) is 0 Å². The number of benzene rings is 1. The Hall–Kier alpha value is -0.690. The summed E-state index contributed by atoms with van der Waals surface area (Å²) in [6.07, 6.45) is 1.74. The first-order valence-electron chi connectivity index (χ1n) is 4.55. The Kier molecular flexibility index (Phi) is 3.53. The maximum atomic E-state index is 3.81. The van der Waals surface area contributed by atoms with E-state index in [4.69, 9.17) is 0 Å². The van der Waals surface area contributed by atoms with Gasteiger partial charge in [0.15, 0.2) is 0 Å². The van der Waals surface area contributed by atoms with Crippen molar-refractivity contribution >= 4 is 39.1 Å². The first-order valence-corrected chi connectivity index (χ1v) is 6.40. The number of anilines is 1. The molecular formula is C10H10IN3S. The van der Waals surface area contributed by atoms with Crippen molar-refractivity contribution in [1.29, 1.82) is 0 Å². The molecule has 15 heavy (non-hydrogen) atoms. The average Bonchev–Trinajstić information content (AvgIpc) is 2.71. The number of hydrogen-bond acceptors (Lipinski definition) is 4. The van der Waals surface area contributed by atoms with E-state index in [-0.39, 0.29) is 6.04 Å². The van der Waals surface area contributed by atoms with E-state index >= 15 is 0 Å². The van der Waals surface area contributed by atoms with Crippen molar-refractivity contribution in [2.75, 3.05) is 5.32 Å². The van der Waals surface area contributed by atoms with Gasteiger partial charge in [-0.3, -0.25) is 0 Å². The minimum absolute atomic E-state index is 0.282. The van der Waals surface area contributed by atoms with Crippen LogP contribution in [0.4, 0.5) is 5.00 Å². The van der Waals surface area contributed by atoms with Crippen LogP contribution in [-0.4, -0.2) is 9.59 Å². The summed E-state index contributed by atoms with van der Waals surface area (Å²) in [4.78, 5) is 0. The molecule has 2 rings (SSSR count). The smallest absolute Gasteiger partial charge is 0.130 e. The number of hydrogen-bond donors (Lipinski definition) is 1. The second kappa shape index (κ2) is 4.89. The van der Waals surface area contributed by atoms with E-state index in [1.807, 2.05) is 0 Å². The Balaban J connectivity index is 2.08. The van der Waals surface area contributed by atoms with Crippen LogP contribution in [0.1, 0.15) is 18.5 Å². The molecule has 0 amide bonds. The number of nitrogens with zero attached hydrogens (tertiary/aromatic N) is 2. The molecule has 0 saturated carbocycles. The normalized spacial score (nSPS) is 12.4. The van der Waals surface area contributed by atoms with Crippen molar-refractivity contribution < 1.29 is 0 Å². The minimum Gasteiger partial charge on any atom is -0.368 e. The summed E-state index contributed by atoms with van der Waals surface area (Å²) in [7, 11) is 0. The molecule has 0 spiro atoms. The van der Waals surface area contributed by atoms with Gasteiger partial charge >= 0.3 is 0 Å². The van der Waals surface area contributed by atoms with Crippen LogP contribution < -0.4 is 5.32 Å². The predicted octanol–water partition coefficient (Wildman–Crippen LogP) is 3.32. The van der Waals surface area contributed by atoms with Gasteiger partial charge < -0.3 is 5.32 Å². The van der Waals surface area contributed by atoms with Gasteiger partial charge in [0.2, 0.25) is 0 Å². The number of rotatable bonds is 3. The molecule has 2 aromatic rings. The highest BCUT2D eigenvalue weighted by Gasteiger charge is 2.05. The summed E-state index contributed by atoms with van der Waals surface area (Å²) in [6, 6.07) is 8.77. The monoisotopic (exact) mass is 331 g/mol. The second-order valence-corrected chi connectivity index (χ2v) is 5.23. The molecule has 0 aliphatic rings. The van der Waals surface area contributed by atoms with Crippen LogP contribution >= 0.6 is 34.1 Å². The molecule has 1 N–H and O–H groups in total.